The molecule has 4 heteroatoms. The van der Waals surface area contributed by atoms with Crippen LogP contribution in [0, 0.1) is 0 Å². The molecule has 0 atom stereocenters. The molecule has 0 fully saturated rings. The molecule has 0 unspecified atom stereocenters. The third-order valence-electron chi connectivity index (χ3n) is 2.71. The minimum absolute atomic E-state index is 0.379. The van der Waals surface area contributed by atoms with E-state index in [4.69, 9.17) is 4.98 Å². The molecule has 0 aliphatic heterocycles. The number of pyridine rings is 1. The molecule has 18 heavy (non-hydrogen) atoms. The monoisotopic (exact) mass is 257 g/mol. The molecule has 92 valence electrons. The van der Waals surface area contributed by atoms with Crippen LogP contribution in [0.3, 0.4) is 0 Å². The number of nitrogens with one attached hydrogen (secondary N) is 1. The Morgan fingerprint density at radius 2 is 2.11 bits per heavy atom. The number of nitrogens with zero attached hydrogens (tertiary/aromatic N) is 2. The molecule has 0 saturated carbocycles. The van der Waals surface area contributed by atoms with Crippen LogP contribution in [0.4, 0.5) is 5.82 Å². The van der Waals surface area contributed by atoms with Crippen LogP contribution in [-0.4, -0.2) is 15.4 Å². The van der Waals surface area contributed by atoms with Gasteiger partial charge < -0.3 is 5.32 Å². The molecule has 0 amide bonds. The average Bonchev–Trinajstić information content (AvgIpc) is 2.96. The number of hydrogen-bond acceptors (Lipinski definition) is 3. The van der Waals surface area contributed by atoms with Crippen LogP contribution in [0.2, 0.25) is 0 Å². The molecule has 1 N–H and O–H groups in total. The van der Waals surface area contributed by atoms with Gasteiger partial charge in [-0.1, -0.05) is 12.1 Å². The summed E-state index contributed by atoms with van der Waals surface area (Å²) in [6.45, 7) is 4.28. The van der Waals surface area contributed by atoms with Gasteiger partial charge in [0.15, 0.2) is 0 Å². The molecule has 0 bridgehead atoms. The van der Waals surface area contributed by atoms with Gasteiger partial charge in [-0.05, 0) is 37.4 Å². The van der Waals surface area contributed by atoms with Gasteiger partial charge in [-0.2, -0.15) is 0 Å². The van der Waals surface area contributed by atoms with Crippen molar-refractivity contribution in [1.82, 2.24) is 9.38 Å². The molecule has 0 aliphatic carbocycles. The number of anilines is 1. The predicted octanol–water partition coefficient (Wildman–Crippen LogP) is 3.88. The third kappa shape index (κ3) is 1.88. The highest BCUT2D eigenvalue weighted by molar-refractivity contribution is 7.13. The smallest absolute Gasteiger partial charge is 0.139 e. The first-order valence-corrected chi connectivity index (χ1v) is 6.91. The lowest BCUT2D eigenvalue weighted by molar-refractivity contribution is 0.885. The Kier molecular flexibility index (Phi) is 2.80. The van der Waals surface area contributed by atoms with Crippen LogP contribution in [0.5, 0.6) is 0 Å². The van der Waals surface area contributed by atoms with E-state index in [1.165, 1.54) is 4.88 Å². The Morgan fingerprint density at radius 3 is 2.83 bits per heavy atom. The molecule has 3 aromatic rings. The fourth-order valence-corrected chi connectivity index (χ4v) is 2.71. The van der Waals surface area contributed by atoms with Gasteiger partial charge in [0.25, 0.3) is 0 Å². The van der Waals surface area contributed by atoms with Crippen LogP contribution in [0.25, 0.3) is 16.2 Å². The molecular weight excluding hydrogens is 242 g/mol. The molecule has 3 rings (SSSR count). The molecule has 0 aromatic carbocycles. The molecular formula is C14H15N3S. The summed E-state index contributed by atoms with van der Waals surface area (Å²) in [5, 5.41) is 5.57. The maximum atomic E-state index is 4.72. The summed E-state index contributed by atoms with van der Waals surface area (Å²) in [4.78, 5) is 5.92. The van der Waals surface area contributed by atoms with E-state index in [9.17, 15) is 0 Å². The van der Waals surface area contributed by atoms with Crippen molar-refractivity contribution in [3.05, 3.63) is 41.9 Å². The Morgan fingerprint density at radius 1 is 1.22 bits per heavy atom. The van der Waals surface area contributed by atoms with Gasteiger partial charge in [-0.25, -0.2) is 4.98 Å². The maximum absolute atomic E-state index is 4.72. The minimum Gasteiger partial charge on any atom is -0.367 e. The zero-order valence-electron chi connectivity index (χ0n) is 10.4. The zero-order valence-corrected chi connectivity index (χ0v) is 11.2. The van der Waals surface area contributed by atoms with E-state index in [1.807, 2.05) is 24.4 Å². The SMILES string of the molecule is CC(C)Nc1c(-c2cccs2)nc2ccccn12. The van der Waals surface area contributed by atoms with Gasteiger partial charge in [0.1, 0.15) is 17.2 Å². The lowest BCUT2D eigenvalue weighted by Crippen LogP contribution is -2.12. The number of aromatic nitrogens is 2. The number of rotatable bonds is 3. The van der Waals surface area contributed by atoms with E-state index >= 15 is 0 Å². The van der Waals surface area contributed by atoms with E-state index < -0.39 is 0 Å². The molecule has 0 saturated heterocycles. The van der Waals surface area contributed by atoms with Crippen molar-refractivity contribution in [2.75, 3.05) is 5.32 Å². The lowest BCUT2D eigenvalue weighted by Gasteiger charge is -2.10. The van der Waals surface area contributed by atoms with Crippen molar-refractivity contribution < 1.29 is 0 Å². The van der Waals surface area contributed by atoms with Crippen LogP contribution < -0.4 is 5.32 Å². The second-order valence-electron chi connectivity index (χ2n) is 4.51. The lowest BCUT2D eigenvalue weighted by atomic mass is 10.3. The van der Waals surface area contributed by atoms with Crippen molar-refractivity contribution in [1.29, 1.82) is 0 Å². The molecule has 0 aliphatic rings. The molecule has 3 nitrogen and oxygen atoms in total. The van der Waals surface area contributed by atoms with E-state index in [2.05, 4.69) is 41.1 Å². The highest BCUT2D eigenvalue weighted by Gasteiger charge is 2.14. The van der Waals surface area contributed by atoms with E-state index in [-0.39, 0.29) is 0 Å². The summed E-state index contributed by atoms with van der Waals surface area (Å²) in [6.07, 6.45) is 2.05. The van der Waals surface area contributed by atoms with E-state index in [0.29, 0.717) is 6.04 Å². The fraction of sp³-hybridized carbons (Fsp3) is 0.214. The molecule has 0 radical (unpaired) electrons. The third-order valence-corrected chi connectivity index (χ3v) is 3.59. The van der Waals surface area contributed by atoms with Gasteiger partial charge in [0.2, 0.25) is 0 Å². The molecule has 0 spiro atoms. The van der Waals surface area contributed by atoms with Crippen LogP contribution in [0.1, 0.15) is 13.8 Å². The summed E-state index contributed by atoms with van der Waals surface area (Å²) >= 11 is 1.72. The van der Waals surface area contributed by atoms with Crippen molar-refractivity contribution in [2.45, 2.75) is 19.9 Å². The topological polar surface area (TPSA) is 29.3 Å². The Balaban J connectivity index is 2.23. The van der Waals surface area contributed by atoms with Crippen LogP contribution in [0.15, 0.2) is 41.9 Å². The quantitative estimate of drug-likeness (QED) is 0.771. The standard InChI is InChI=1S/C14H15N3S/c1-10(2)15-14-13(11-6-5-9-18-11)16-12-7-3-4-8-17(12)14/h3-10,15H,1-2H3. The van der Waals surface area contributed by atoms with Crippen molar-refractivity contribution in [2.24, 2.45) is 0 Å². The minimum atomic E-state index is 0.379. The average molecular weight is 257 g/mol. The molecule has 3 heterocycles. The molecule has 3 aromatic heterocycles. The largest absolute Gasteiger partial charge is 0.367 e. The Bertz CT molecular complexity index is 653. The number of thiophene rings is 1. The summed E-state index contributed by atoms with van der Waals surface area (Å²) in [5.74, 6) is 1.07. The van der Waals surface area contributed by atoms with E-state index in [1.54, 1.807) is 11.3 Å². The second-order valence-corrected chi connectivity index (χ2v) is 5.46. The first-order chi connectivity index (χ1) is 8.75. The summed E-state index contributed by atoms with van der Waals surface area (Å²) in [5.41, 5.74) is 2.01. The fourth-order valence-electron chi connectivity index (χ4n) is 1.99. The highest BCUT2D eigenvalue weighted by atomic mass is 32.1. The first-order valence-electron chi connectivity index (χ1n) is 6.03. The number of hydrogen-bond donors (Lipinski definition) is 1. The summed E-state index contributed by atoms with van der Waals surface area (Å²) in [6, 6.07) is 10.6. The first kappa shape index (κ1) is 11.3. The Labute approximate surface area is 110 Å². The van der Waals surface area contributed by atoms with Crippen LogP contribution >= 0.6 is 11.3 Å². The second kappa shape index (κ2) is 4.46. The maximum Gasteiger partial charge on any atom is 0.139 e. The Hall–Kier alpha value is -1.81. The highest BCUT2D eigenvalue weighted by Crippen LogP contribution is 2.32. The van der Waals surface area contributed by atoms with Gasteiger partial charge in [0.05, 0.1) is 4.88 Å². The van der Waals surface area contributed by atoms with E-state index in [0.717, 1.165) is 17.2 Å². The summed E-state index contributed by atoms with van der Waals surface area (Å²) in [7, 11) is 0. The van der Waals surface area contributed by atoms with Gasteiger partial charge in [-0.15, -0.1) is 11.3 Å². The predicted molar refractivity (Wildman–Crippen MR) is 77.3 cm³/mol. The summed E-state index contributed by atoms with van der Waals surface area (Å²) < 4.78 is 2.11. The van der Waals surface area contributed by atoms with Crippen LogP contribution in [-0.2, 0) is 0 Å². The van der Waals surface area contributed by atoms with Crippen molar-refractivity contribution in [3.8, 4) is 10.6 Å². The van der Waals surface area contributed by atoms with Crippen molar-refractivity contribution in [3.63, 3.8) is 0 Å². The van der Waals surface area contributed by atoms with Gasteiger partial charge in [-0.3, -0.25) is 4.40 Å². The zero-order chi connectivity index (χ0) is 12.5. The normalized spacial score (nSPS) is 11.3. The van der Waals surface area contributed by atoms with Gasteiger partial charge >= 0.3 is 0 Å². The number of imidazole rings is 1. The number of fused-ring (bicyclic) bond motifs is 1. The van der Waals surface area contributed by atoms with Crippen molar-refractivity contribution >= 4 is 22.8 Å². The van der Waals surface area contributed by atoms with Gasteiger partial charge in [0, 0.05) is 12.2 Å².